The predicted molar refractivity (Wildman–Crippen MR) is 58.1 cm³/mol. The molecule has 0 saturated heterocycles. The Morgan fingerprint density at radius 1 is 1.42 bits per heavy atom. The first-order valence-corrected chi connectivity index (χ1v) is 5.10. The molecular formula is C9H11BrClN. The first kappa shape index (κ1) is 9.87. The highest BCUT2D eigenvalue weighted by Crippen LogP contribution is 2.24. The number of rotatable bonds is 3. The minimum atomic E-state index is 0.651. The molecule has 0 fully saturated rings. The summed E-state index contributed by atoms with van der Waals surface area (Å²) in [6, 6.07) is 8.11. The average molecular weight is 249 g/mol. The minimum Gasteiger partial charge on any atom is -0.372 e. The minimum absolute atomic E-state index is 0.651. The molecule has 0 aliphatic carbocycles. The molecule has 0 spiro atoms. The van der Waals surface area contributed by atoms with Gasteiger partial charge in [-0.15, -0.1) is 11.6 Å². The molecule has 1 nitrogen and oxygen atoms in total. The van der Waals surface area contributed by atoms with Crippen LogP contribution in [0.1, 0.15) is 0 Å². The van der Waals surface area contributed by atoms with Gasteiger partial charge in [-0.2, -0.15) is 0 Å². The van der Waals surface area contributed by atoms with Gasteiger partial charge in [-0.3, -0.25) is 0 Å². The molecule has 0 aliphatic rings. The molecule has 1 rings (SSSR count). The van der Waals surface area contributed by atoms with E-state index in [0.29, 0.717) is 5.88 Å². The van der Waals surface area contributed by atoms with Crippen molar-refractivity contribution in [3.63, 3.8) is 0 Å². The van der Waals surface area contributed by atoms with Crippen LogP contribution in [0.3, 0.4) is 0 Å². The van der Waals surface area contributed by atoms with E-state index >= 15 is 0 Å². The number of nitrogens with zero attached hydrogens (tertiary/aromatic N) is 1. The van der Waals surface area contributed by atoms with Gasteiger partial charge in [-0.05, 0) is 28.1 Å². The quantitative estimate of drug-likeness (QED) is 0.743. The Morgan fingerprint density at radius 2 is 2.08 bits per heavy atom. The maximum atomic E-state index is 5.64. The van der Waals surface area contributed by atoms with E-state index in [9.17, 15) is 0 Å². The van der Waals surface area contributed by atoms with Crippen LogP contribution in [0.4, 0.5) is 5.69 Å². The van der Waals surface area contributed by atoms with Gasteiger partial charge >= 0.3 is 0 Å². The second kappa shape index (κ2) is 4.73. The van der Waals surface area contributed by atoms with Crippen LogP contribution < -0.4 is 4.90 Å². The zero-order valence-corrected chi connectivity index (χ0v) is 9.27. The summed E-state index contributed by atoms with van der Waals surface area (Å²) < 4.78 is 1.11. The standard InChI is InChI=1S/C9H11BrClN/c1-12(7-6-11)9-5-3-2-4-8(9)10/h2-5H,6-7H2,1H3. The molecule has 0 bridgehead atoms. The summed E-state index contributed by atoms with van der Waals surface area (Å²) in [5, 5.41) is 0. The number of alkyl halides is 1. The highest BCUT2D eigenvalue weighted by molar-refractivity contribution is 9.10. The monoisotopic (exact) mass is 247 g/mol. The Balaban J connectivity index is 2.79. The molecule has 1 aromatic carbocycles. The van der Waals surface area contributed by atoms with Crippen LogP contribution in [0.15, 0.2) is 28.7 Å². The maximum Gasteiger partial charge on any atom is 0.0508 e. The molecular weight excluding hydrogens is 237 g/mol. The third-order valence-electron chi connectivity index (χ3n) is 1.68. The lowest BCUT2D eigenvalue weighted by molar-refractivity contribution is 0.970. The topological polar surface area (TPSA) is 3.24 Å². The van der Waals surface area contributed by atoms with Gasteiger partial charge in [-0.25, -0.2) is 0 Å². The fourth-order valence-corrected chi connectivity index (χ4v) is 1.85. The molecule has 0 aliphatic heterocycles. The molecule has 0 N–H and O–H groups in total. The molecule has 0 radical (unpaired) electrons. The summed E-state index contributed by atoms with van der Waals surface area (Å²) in [6.07, 6.45) is 0. The molecule has 0 heterocycles. The molecule has 66 valence electrons. The van der Waals surface area contributed by atoms with Crippen LogP contribution in [0.25, 0.3) is 0 Å². The molecule has 12 heavy (non-hydrogen) atoms. The summed E-state index contributed by atoms with van der Waals surface area (Å²) in [4.78, 5) is 2.12. The van der Waals surface area contributed by atoms with Crippen LogP contribution in [0.2, 0.25) is 0 Å². The Labute approximate surface area is 86.5 Å². The van der Waals surface area contributed by atoms with Crippen LogP contribution in [0, 0.1) is 0 Å². The van der Waals surface area contributed by atoms with Gasteiger partial charge in [0, 0.05) is 23.9 Å². The maximum absolute atomic E-state index is 5.64. The molecule has 1 aromatic rings. The molecule has 0 unspecified atom stereocenters. The lowest BCUT2D eigenvalue weighted by Crippen LogP contribution is -2.19. The van der Waals surface area contributed by atoms with Gasteiger partial charge in [0.25, 0.3) is 0 Å². The van der Waals surface area contributed by atoms with Crippen LogP contribution in [-0.2, 0) is 0 Å². The summed E-state index contributed by atoms with van der Waals surface area (Å²) in [5.74, 6) is 0.651. The highest BCUT2D eigenvalue weighted by Gasteiger charge is 2.02. The Kier molecular flexibility index (Phi) is 3.89. The van der Waals surface area contributed by atoms with E-state index in [1.807, 2.05) is 25.2 Å². The lowest BCUT2D eigenvalue weighted by Gasteiger charge is -2.18. The van der Waals surface area contributed by atoms with Crippen molar-refractivity contribution in [3.8, 4) is 0 Å². The first-order valence-electron chi connectivity index (χ1n) is 3.77. The third-order valence-corrected chi connectivity index (χ3v) is 2.52. The zero-order valence-electron chi connectivity index (χ0n) is 6.93. The molecule has 3 heteroatoms. The summed E-state index contributed by atoms with van der Waals surface area (Å²) in [5.41, 5.74) is 1.18. The number of para-hydroxylation sites is 1. The number of anilines is 1. The second-order valence-corrected chi connectivity index (χ2v) is 3.79. The largest absolute Gasteiger partial charge is 0.372 e. The smallest absolute Gasteiger partial charge is 0.0508 e. The van der Waals surface area contributed by atoms with E-state index in [0.717, 1.165) is 11.0 Å². The van der Waals surface area contributed by atoms with Gasteiger partial charge < -0.3 is 4.90 Å². The SMILES string of the molecule is CN(CCCl)c1ccccc1Br. The van der Waals surface area contributed by atoms with Crippen molar-refractivity contribution in [2.24, 2.45) is 0 Å². The van der Waals surface area contributed by atoms with Gasteiger partial charge in [0.05, 0.1) is 5.69 Å². The fraction of sp³-hybridized carbons (Fsp3) is 0.333. The highest BCUT2D eigenvalue weighted by atomic mass is 79.9. The zero-order chi connectivity index (χ0) is 8.97. The molecule has 0 amide bonds. The second-order valence-electron chi connectivity index (χ2n) is 2.56. The van der Waals surface area contributed by atoms with Gasteiger partial charge in [0.2, 0.25) is 0 Å². The third kappa shape index (κ3) is 2.39. The lowest BCUT2D eigenvalue weighted by atomic mass is 10.3. The summed E-state index contributed by atoms with van der Waals surface area (Å²) in [6.45, 7) is 0.865. The average Bonchev–Trinajstić information content (AvgIpc) is 2.05. The van der Waals surface area contributed by atoms with Gasteiger partial charge in [0.1, 0.15) is 0 Å². The molecule has 0 saturated carbocycles. The van der Waals surface area contributed by atoms with E-state index < -0.39 is 0 Å². The fourth-order valence-electron chi connectivity index (χ4n) is 1.01. The predicted octanol–water partition coefficient (Wildman–Crippen LogP) is 3.12. The normalized spacial score (nSPS) is 9.92. The van der Waals surface area contributed by atoms with Crippen molar-refractivity contribution in [2.45, 2.75) is 0 Å². The Morgan fingerprint density at radius 3 is 2.67 bits per heavy atom. The Hall–Kier alpha value is -0.210. The van der Waals surface area contributed by atoms with E-state index in [1.165, 1.54) is 5.69 Å². The van der Waals surface area contributed by atoms with Crippen LogP contribution in [0.5, 0.6) is 0 Å². The first-order chi connectivity index (χ1) is 5.75. The van der Waals surface area contributed by atoms with Crippen molar-refractivity contribution in [1.29, 1.82) is 0 Å². The number of hydrogen-bond donors (Lipinski definition) is 0. The Bertz CT molecular complexity index is 252. The van der Waals surface area contributed by atoms with Crippen molar-refractivity contribution in [2.75, 3.05) is 24.4 Å². The van der Waals surface area contributed by atoms with Crippen molar-refractivity contribution in [1.82, 2.24) is 0 Å². The number of hydrogen-bond acceptors (Lipinski definition) is 1. The summed E-state index contributed by atoms with van der Waals surface area (Å²) >= 11 is 9.12. The van der Waals surface area contributed by atoms with Gasteiger partial charge in [-0.1, -0.05) is 12.1 Å². The van der Waals surface area contributed by atoms with Gasteiger partial charge in [0.15, 0.2) is 0 Å². The van der Waals surface area contributed by atoms with E-state index in [1.54, 1.807) is 0 Å². The van der Waals surface area contributed by atoms with E-state index in [2.05, 4.69) is 26.9 Å². The van der Waals surface area contributed by atoms with Crippen LogP contribution >= 0.6 is 27.5 Å². The molecule has 0 aromatic heterocycles. The van der Waals surface area contributed by atoms with E-state index in [4.69, 9.17) is 11.6 Å². The molecule has 0 atom stereocenters. The summed E-state index contributed by atoms with van der Waals surface area (Å²) in [7, 11) is 2.03. The number of halogens is 2. The van der Waals surface area contributed by atoms with Crippen molar-refractivity contribution < 1.29 is 0 Å². The van der Waals surface area contributed by atoms with E-state index in [-0.39, 0.29) is 0 Å². The number of benzene rings is 1. The van der Waals surface area contributed by atoms with Crippen molar-refractivity contribution >= 4 is 33.2 Å². The van der Waals surface area contributed by atoms with Crippen LogP contribution in [-0.4, -0.2) is 19.5 Å². The van der Waals surface area contributed by atoms with Crippen molar-refractivity contribution in [3.05, 3.63) is 28.7 Å².